The van der Waals surface area contributed by atoms with Crippen LogP contribution in [0.2, 0.25) is 0 Å². The average Bonchev–Trinajstić information content (AvgIpc) is 2.39. The van der Waals surface area contributed by atoms with Crippen molar-refractivity contribution in [2.45, 2.75) is 6.92 Å². The van der Waals surface area contributed by atoms with E-state index in [-0.39, 0.29) is 17.5 Å². The number of nitrogens with one attached hydrogen (secondary N) is 2. The maximum atomic E-state index is 11.5. The first-order chi connectivity index (χ1) is 9.61. The number of carbonyl (C=O) groups excluding carboxylic acids is 3. The summed E-state index contributed by atoms with van der Waals surface area (Å²) in [4.78, 5) is 34.0. The molecule has 0 heterocycles. The van der Waals surface area contributed by atoms with Gasteiger partial charge in [0, 0.05) is 5.69 Å². The zero-order valence-electron chi connectivity index (χ0n) is 11.0. The highest BCUT2D eigenvalue weighted by Gasteiger charge is 2.09. The summed E-state index contributed by atoms with van der Waals surface area (Å²) in [6, 6.07) is 8.18. The Morgan fingerprint density at radius 3 is 2.50 bits per heavy atom. The van der Waals surface area contributed by atoms with E-state index in [1.165, 1.54) is 0 Å². The molecule has 0 atom stereocenters. The number of imide groups is 1. The summed E-state index contributed by atoms with van der Waals surface area (Å²) in [6.07, 6.45) is 0. The van der Waals surface area contributed by atoms with Gasteiger partial charge in [-0.2, -0.15) is 0 Å². The molecule has 0 saturated heterocycles. The number of urea groups is 1. The van der Waals surface area contributed by atoms with Gasteiger partial charge in [0.05, 0.1) is 18.1 Å². The van der Waals surface area contributed by atoms with Crippen LogP contribution in [0, 0.1) is 0 Å². The summed E-state index contributed by atoms with van der Waals surface area (Å²) in [7, 11) is 0. The number of amides is 3. The Morgan fingerprint density at radius 2 is 1.85 bits per heavy atom. The lowest BCUT2D eigenvalue weighted by molar-refractivity contribution is -0.139. The molecule has 0 spiro atoms. The summed E-state index contributed by atoms with van der Waals surface area (Å²) in [5, 5.41) is 4.69. The number of para-hydroxylation sites is 1. The fourth-order valence-corrected chi connectivity index (χ4v) is 1.89. The smallest absolute Gasteiger partial charge is 0.325 e. The van der Waals surface area contributed by atoms with Gasteiger partial charge >= 0.3 is 12.0 Å². The molecule has 0 fully saturated rings. The molecular formula is C13H16N2O4S. The second-order valence-corrected chi connectivity index (χ2v) is 4.65. The SMILES string of the molecule is CCOC(=O)CSCC(=O)NC(=O)Nc1ccccc1. The number of anilines is 1. The number of benzene rings is 1. The van der Waals surface area contributed by atoms with Crippen molar-refractivity contribution in [3.05, 3.63) is 30.3 Å². The maximum Gasteiger partial charge on any atom is 0.325 e. The van der Waals surface area contributed by atoms with Gasteiger partial charge in [-0.25, -0.2) is 4.79 Å². The zero-order valence-corrected chi connectivity index (χ0v) is 11.9. The van der Waals surface area contributed by atoms with Crippen LogP contribution in [-0.2, 0) is 14.3 Å². The van der Waals surface area contributed by atoms with E-state index in [1.54, 1.807) is 31.2 Å². The van der Waals surface area contributed by atoms with Crippen molar-refractivity contribution in [3.8, 4) is 0 Å². The molecule has 2 N–H and O–H groups in total. The van der Waals surface area contributed by atoms with Gasteiger partial charge in [-0.15, -0.1) is 11.8 Å². The van der Waals surface area contributed by atoms with Crippen LogP contribution < -0.4 is 10.6 Å². The maximum absolute atomic E-state index is 11.5. The van der Waals surface area contributed by atoms with E-state index >= 15 is 0 Å². The van der Waals surface area contributed by atoms with Crippen LogP contribution >= 0.6 is 11.8 Å². The third-order valence-corrected chi connectivity index (χ3v) is 2.95. The lowest BCUT2D eigenvalue weighted by Gasteiger charge is -2.06. The van der Waals surface area contributed by atoms with E-state index in [2.05, 4.69) is 10.6 Å². The van der Waals surface area contributed by atoms with Gasteiger partial charge in [-0.05, 0) is 19.1 Å². The Kier molecular flexibility index (Phi) is 7.20. The summed E-state index contributed by atoms with van der Waals surface area (Å²) in [5.41, 5.74) is 0.594. The largest absolute Gasteiger partial charge is 0.465 e. The first kappa shape index (κ1) is 16.0. The van der Waals surface area contributed by atoms with Crippen LogP contribution in [0.1, 0.15) is 6.92 Å². The molecular weight excluding hydrogens is 280 g/mol. The first-order valence-corrected chi connectivity index (χ1v) is 7.16. The molecule has 6 nitrogen and oxygen atoms in total. The zero-order chi connectivity index (χ0) is 14.8. The predicted octanol–water partition coefficient (Wildman–Crippen LogP) is 1.63. The monoisotopic (exact) mass is 296 g/mol. The molecule has 108 valence electrons. The number of rotatable bonds is 6. The molecule has 0 unspecified atom stereocenters. The topological polar surface area (TPSA) is 84.5 Å². The van der Waals surface area contributed by atoms with E-state index in [0.29, 0.717) is 12.3 Å². The molecule has 3 amide bonds. The fourth-order valence-electron chi connectivity index (χ4n) is 1.28. The van der Waals surface area contributed by atoms with Gasteiger partial charge in [0.1, 0.15) is 0 Å². The molecule has 0 aliphatic heterocycles. The van der Waals surface area contributed by atoms with Crippen LogP contribution in [0.15, 0.2) is 30.3 Å². The Bertz CT molecular complexity index is 465. The molecule has 0 radical (unpaired) electrons. The lowest BCUT2D eigenvalue weighted by atomic mass is 10.3. The summed E-state index contributed by atoms with van der Waals surface area (Å²) in [5.74, 6) is -0.741. The average molecular weight is 296 g/mol. The highest BCUT2D eigenvalue weighted by Crippen LogP contribution is 2.04. The number of hydrogen-bond acceptors (Lipinski definition) is 5. The minimum atomic E-state index is -0.599. The van der Waals surface area contributed by atoms with Crippen molar-refractivity contribution in [3.63, 3.8) is 0 Å². The third kappa shape index (κ3) is 6.79. The number of thioether (sulfide) groups is 1. The van der Waals surface area contributed by atoms with E-state index in [9.17, 15) is 14.4 Å². The van der Waals surface area contributed by atoms with Crippen molar-refractivity contribution in [1.82, 2.24) is 5.32 Å². The van der Waals surface area contributed by atoms with Crippen LogP contribution in [0.5, 0.6) is 0 Å². The van der Waals surface area contributed by atoms with E-state index in [0.717, 1.165) is 11.8 Å². The Labute approximate surface area is 121 Å². The molecule has 7 heteroatoms. The van der Waals surface area contributed by atoms with E-state index in [1.807, 2.05) is 6.07 Å². The van der Waals surface area contributed by atoms with Gasteiger partial charge < -0.3 is 10.1 Å². The molecule has 1 rings (SSSR count). The van der Waals surface area contributed by atoms with Gasteiger partial charge in [-0.3, -0.25) is 14.9 Å². The van der Waals surface area contributed by atoms with Crippen molar-refractivity contribution < 1.29 is 19.1 Å². The van der Waals surface area contributed by atoms with Gasteiger partial charge in [0.15, 0.2) is 0 Å². The Hall–Kier alpha value is -2.02. The number of carbonyl (C=O) groups is 3. The quantitative estimate of drug-likeness (QED) is 0.779. The van der Waals surface area contributed by atoms with Crippen molar-refractivity contribution >= 4 is 35.4 Å². The van der Waals surface area contributed by atoms with Crippen molar-refractivity contribution in [2.75, 3.05) is 23.4 Å². The number of esters is 1. The Morgan fingerprint density at radius 1 is 1.15 bits per heavy atom. The molecule has 0 saturated carbocycles. The van der Waals surface area contributed by atoms with Crippen molar-refractivity contribution in [1.29, 1.82) is 0 Å². The van der Waals surface area contributed by atoms with Crippen LogP contribution in [-0.4, -0.2) is 36.0 Å². The predicted molar refractivity (Wildman–Crippen MR) is 77.6 cm³/mol. The molecule has 0 aliphatic rings. The van der Waals surface area contributed by atoms with Gasteiger partial charge in [0.25, 0.3) is 0 Å². The second kappa shape index (κ2) is 8.98. The molecule has 0 bridgehead atoms. The number of hydrogen-bond donors (Lipinski definition) is 2. The molecule has 1 aromatic carbocycles. The summed E-state index contributed by atoms with van der Waals surface area (Å²) in [6.45, 7) is 2.02. The van der Waals surface area contributed by atoms with Crippen LogP contribution in [0.3, 0.4) is 0 Å². The van der Waals surface area contributed by atoms with Crippen molar-refractivity contribution in [2.24, 2.45) is 0 Å². The standard InChI is InChI=1S/C13H16N2O4S/c1-2-19-12(17)9-20-8-11(16)15-13(18)14-10-6-4-3-5-7-10/h3-7H,2,8-9H2,1H3,(H2,14,15,16,18). The minimum absolute atomic E-state index is 0.0149. The van der Waals surface area contributed by atoms with E-state index < -0.39 is 11.9 Å². The Balaban J connectivity index is 2.22. The second-order valence-electron chi connectivity index (χ2n) is 3.67. The molecule has 0 aromatic heterocycles. The van der Waals surface area contributed by atoms with Crippen LogP contribution in [0.4, 0.5) is 10.5 Å². The highest BCUT2D eigenvalue weighted by atomic mass is 32.2. The first-order valence-electron chi connectivity index (χ1n) is 6.01. The lowest BCUT2D eigenvalue weighted by Crippen LogP contribution is -2.35. The molecule has 20 heavy (non-hydrogen) atoms. The normalized spacial score (nSPS) is 9.65. The highest BCUT2D eigenvalue weighted by molar-refractivity contribution is 8.00. The summed E-state index contributed by atoms with van der Waals surface area (Å²) < 4.78 is 4.71. The van der Waals surface area contributed by atoms with Gasteiger partial charge in [-0.1, -0.05) is 18.2 Å². The van der Waals surface area contributed by atoms with E-state index in [4.69, 9.17) is 4.74 Å². The minimum Gasteiger partial charge on any atom is -0.465 e. The summed E-state index contributed by atoms with van der Waals surface area (Å²) >= 11 is 1.09. The molecule has 1 aromatic rings. The van der Waals surface area contributed by atoms with Crippen LogP contribution in [0.25, 0.3) is 0 Å². The fraction of sp³-hybridized carbons (Fsp3) is 0.308. The van der Waals surface area contributed by atoms with Gasteiger partial charge in [0.2, 0.25) is 5.91 Å². The number of ether oxygens (including phenoxy) is 1. The third-order valence-electron chi connectivity index (χ3n) is 2.04. The molecule has 0 aliphatic carbocycles.